The van der Waals surface area contributed by atoms with E-state index >= 15 is 0 Å². The van der Waals surface area contributed by atoms with Crippen LogP contribution in [0.2, 0.25) is 0 Å². The van der Waals surface area contributed by atoms with Gasteiger partial charge in [0.05, 0.1) is 12.5 Å². The predicted molar refractivity (Wildman–Crippen MR) is 59.3 cm³/mol. The van der Waals surface area contributed by atoms with Gasteiger partial charge in [0, 0.05) is 19.7 Å². The van der Waals surface area contributed by atoms with E-state index in [-0.39, 0.29) is 24.3 Å². The third-order valence-electron chi connectivity index (χ3n) is 2.59. The van der Waals surface area contributed by atoms with Gasteiger partial charge >= 0.3 is 0 Å². The van der Waals surface area contributed by atoms with Gasteiger partial charge in [0.1, 0.15) is 5.84 Å². The first-order valence-corrected chi connectivity index (χ1v) is 5.53. The highest BCUT2D eigenvalue weighted by Gasteiger charge is 2.24. The Morgan fingerprint density at radius 2 is 2.44 bits per heavy atom. The molecule has 6 heteroatoms. The van der Waals surface area contributed by atoms with Gasteiger partial charge < -0.3 is 20.6 Å². The normalized spacial score (nSPS) is 22.2. The van der Waals surface area contributed by atoms with Crippen LogP contribution in [0.3, 0.4) is 0 Å². The zero-order chi connectivity index (χ0) is 12.0. The molecule has 92 valence electrons. The zero-order valence-electron chi connectivity index (χ0n) is 9.56. The first kappa shape index (κ1) is 12.8. The number of hydrogen-bond acceptors (Lipinski definition) is 4. The molecule has 1 aliphatic rings. The van der Waals surface area contributed by atoms with Crippen molar-refractivity contribution in [3.63, 3.8) is 0 Å². The molecule has 0 spiro atoms. The molecule has 3 N–H and O–H groups in total. The number of carbonyl (C=O) groups excluding carboxylic acids is 1. The van der Waals surface area contributed by atoms with Gasteiger partial charge in [0.25, 0.3) is 0 Å². The Labute approximate surface area is 95.0 Å². The van der Waals surface area contributed by atoms with Crippen LogP contribution in [-0.4, -0.2) is 47.7 Å². The topological polar surface area (TPSA) is 88.2 Å². The average molecular weight is 229 g/mol. The van der Waals surface area contributed by atoms with E-state index < -0.39 is 0 Å². The fraction of sp³-hybridized carbons (Fsp3) is 0.800. The minimum Gasteiger partial charge on any atom is -0.409 e. The van der Waals surface area contributed by atoms with E-state index in [1.54, 1.807) is 4.90 Å². The Bertz CT molecular complexity index is 266. The molecule has 1 saturated heterocycles. The monoisotopic (exact) mass is 229 g/mol. The van der Waals surface area contributed by atoms with Crippen LogP contribution in [0.25, 0.3) is 0 Å². The fourth-order valence-electron chi connectivity index (χ4n) is 1.84. The number of hydrogen-bond donors (Lipinski definition) is 2. The summed E-state index contributed by atoms with van der Waals surface area (Å²) in [6, 6.07) is 0. The van der Waals surface area contributed by atoms with Gasteiger partial charge in [0.2, 0.25) is 5.91 Å². The van der Waals surface area contributed by atoms with Crippen LogP contribution in [0.1, 0.15) is 26.2 Å². The summed E-state index contributed by atoms with van der Waals surface area (Å²) in [5, 5.41) is 11.2. The molecule has 6 nitrogen and oxygen atoms in total. The third-order valence-corrected chi connectivity index (χ3v) is 2.59. The second-order valence-corrected chi connectivity index (χ2v) is 3.83. The van der Waals surface area contributed by atoms with Crippen LogP contribution >= 0.6 is 0 Å². The van der Waals surface area contributed by atoms with E-state index in [2.05, 4.69) is 5.16 Å². The Balaban J connectivity index is 2.43. The number of carbonyl (C=O) groups is 1. The molecule has 1 atom stereocenters. The van der Waals surface area contributed by atoms with Gasteiger partial charge in [-0.2, -0.15) is 0 Å². The van der Waals surface area contributed by atoms with Crippen molar-refractivity contribution in [2.75, 3.05) is 19.7 Å². The molecule has 1 amide bonds. The molecule has 0 radical (unpaired) electrons. The number of ether oxygens (including phenoxy) is 1. The fourth-order valence-corrected chi connectivity index (χ4v) is 1.84. The lowest BCUT2D eigenvalue weighted by Crippen LogP contribution is -2.44. The number of oxime groups is 1. The van der Waals surface area contributed by atoms with E-state index in [0.717, 1.165) is 19.4 Å². The molecule has 0 bridgehead atoms. The van der Waals surface area contributed by atoms with Gasteiger partial charge in [-0.1, -0.05) is 5.16 Å². The van der Waals surface area contributed by atoms with Crippen LogP contribution in [0, 0.1) is 0 Å². The van der Waals surface area contributed by atoms with Crippen LogP contribution < -0.4 is 5.73 Å². The summed E-state index contributed by atoms with van der Waals surface area (Å²) in [6.07, 6.45) is 2.01. The second-order valence-electron chi connectivity index (χ2n) is 3.83. The summed E-state index contributed by atoms with van der Waals surface area (Å²) in [5.74, 6) is -0.164. The number of nitrogens with two attached hydrogens (primary N) is 1. The number of amides is 1. The summed E-state index contributed by atoms with van der Waals surface area (Å²) in [6.45, 7) is 3.93. The maximum absolute atomic E-state index is 11.7. The lowest BCUT2D eigenvalue weighted by atomic mass is 10.1. The van der Waals surface area contributed by atoms with E-state index in [9.17, 15) is 4.79 Å². The quantitative estimate of drug-likeness (QED) is 0.311. The van der Waals surface area contributed by atoms with E-state index in [1.807, 2.05) is 6.92 Å². The zero-order valence-corrected chi connectivity index (χ0v) is 9.56. The SMILES string of the molecule is CCOC1CCCN(C(=O)CC(N)=NO)C1. The van der Waals surface area contributed by atoms with E-state index in [4.69, 9.17) is 15.7 Å². The van der Waals surface area contributed by atoms with Gasteiger partial charge in [-0.15, -0.1) is 0 Å². The van der Waals surface area contributed by atoms with Gasteiger partial charge in [-0.25, -0.2) is 0 Å². The smallest absolute Gasteiger partial charge is 0.230 e. The maximum Gasteiger partial charge on any atom is 0.230 e. The average Bonchev–Trinajstić information content (AvgIpc) is 2.29. The van der Waals surface area contributed by atoms with Crippen LogP contribution in [0.4, 0.5) is 0 Å². The predicted octanol–water partition coefficient (Wildman–Crippen LogP) is 0.150. The lowest BCUT2D eigenvalue weighted by molar-refractivity contribution is -0.133. The first-order valence-electron chi connectivity index (χ1n) is 5.53. The summed E-state index contributed by atoms with van der Waals surface area (Å²) >= 11 is 0. The summed E-state index contributed by atoms with van der Waals surface area (Å²) in [7, 11) is 0. The molecule has 1 heterocycles. The van der Waals surface area contributed by atoms with Gasteiger partial charge in [0.15, 0.2) is 0 Å². The summed E-state index contributed by atoms with van der Waals surface area (Å²) in [5.41, 5.74) is 5.30. The van der Waals surface area contributed by atoms with Crippen molar-refractivity contribution in [2.24, 2.45) is 10.9 Å². The molecule has 0 aliphatic carbocycles. The van der Waals surface area contributed by atoms with E-state index in [1.165, 1.54) is 0 Å². The molecule has 16 heavy (non-hydrogen) atoms. The molecular formula is C10H19N3O3. The van der Waals surface area contributed by atoms with Crippen molar-refractivity contribution in [2.45, 2.75) is 32.3 Å². The van der Waals surface area contributed by atoms with Crippen molar-refractivity contribution in [3.05, 3.63) is 0 Å². The number of piperidine rings is 1. The van der Waals surface area contributed by atoms with Crippen LogP contribution in [0.5, 0.6) is 0 Å². The second kappa shape index (κ2) is 6.32. The Morgan fingerprint density at radius 1 is 1.69 bits per heavy atom. The minimum atomic E-state index is -0.111. The number of nitrogens with zero attached hydrogens (tertiary/aromatic N) is 2. The molecule has 0 saturated carbocycles. The number of amidine groups is 1. The van der Waals surface area contributed by atoms with Crippen molar-refractivity contribution >= 4 is 11.7 Å². The highest BCUT2D eigenvalue weighted by Crippen LogP contribution is 2.13. The molecule has 1 rings (SSSR count). The molecule has 1 aliphatic heterocycles. The molecule has 0 aromatic heterocycles. The summed E-state index contributed by atoms with van der Waals surface area (Å²) in [4.78, 5) is 13.4. The van der Waals surface area contributed by atoms with Crippen molar-refractivity contribution in [1.29, 1.82) is 0 Å². The van der Waals surface area contributed by atoms with Gasteiger partial charge in [-0.05, 0) is 19.8 Å². The van der Waals surface area contributed by atoms with Crippen molar-refractivity contribution in [3.8, 4) is 0 Å². The molecule has 0 aromatic carbocycles. The van der Waals surface area contributed by atoms with Gasteiger partial charge in [-0.3, -0.25) is 4.79 Å². The largest absolute Gasteiger partial charge is 0.409 e. The molecule has 0 aromatic rings. The highest BCUT2D eigenvalue weighted by atomic mass is 16.5. The Morgan fingerprint density at radius 3 is 3.06 bits per heavy atom. The van der Waals surface area contributed by atoms with Crippen LogP contribution in [0.15, 0.2) is 5.16 Å². The molecule has 1 fully saturated rings. The van der Waals surface area contributed by atoms with E-state index in [0.29, 0.717) is 13.2 Å². The number of rotatable bonds is 4. The Hall–Kier alpha value is -1.30. The lowest BCUT2D eigenvalue weighted by Gasteiger charge is -2.32. The Kier molecular flexibility index (Phi) is 5.04. The van der Waals surface area contributed by atoms with Crippen LogP contribution in [-0.2, 0) is 9.53 Å². The maximum atomic E-state index is 11.7. The summed E-state index contributed by atoms with van der Waals surface area (Å²) < 4.78 is 5.49. The first-order chi connectivity index (χ1) is 7.67. The third kappa shape index (κ3) is 3.69. The minimum absolute atomic E-state index is 0.0324. The number of likely N-dealkylation sites (tertiary alicyclic amines) is 1. The molecule has 1 unspecified atom stereocenters. The molecular weight excluding hydrogens is 210 g/mol. The standard InChI is InChI=1S/C10H19N3O3/c1-2-16-8-4-3-5-13(7-8)10(14)6-9(11)12-15/h8,15H,2-7H2,1H3,(H2,11,12). The van der Waals surface area contributed by atoms with Crippen molar-refractivity contribution in [1.82, 2.24) is 4.90 Å². The van der Waals surface area contributed by atoms with Crippen molar-refractivity contribution < 1.29 is 14.7 Å². The highest BCUT2D eigenvalue weighted by molar-refractivity contribution is 5.98.